The lowest BCUT2D eigenvalue weighted by Gasteiger charge is -2.14. The molecule has 2 aromatic carbocycles. The Morgan fingerprint density at radius 2 is 1.82 bits per heavy atom. The predicted molar refractivity (Wildman–Crippen MR) is 88.4 cm³/mol. The number of halogens is 3. The van der Waals surface area contributed by atoms with Crippen LogP contribution in [0.15, 0.2) is 42.5 Å². The van der Waals surface area contributed by atoms with Gasteiger partial charge in [-0.3, -0.25) is 4.79 Å². The summed E-state index contributed by atoms with van der Waals surface area (Å²) >= 11 is 1.57. The van der Waals surface area contributed by atoms with Gasteiger partial charge in [-0.25, -0.2) is 8.78 Å². The number of carbonyl (C=O) groups excluding carboxylic acids is 1. The molecule has 1 atom stereocenters. The number of hydrogen-bond donors (Lipinski definition) is 1. The second kappa shape index (κ2) is 7.64. The summed E-state index contributed by atoms with van der Waals surface area (Å²) < 4.78 is 32.2. The van der Waals surface area contributed by atoms with E-state index in [4.69, 9.17) is 4.74 Å². The SMILES string of the molecule is CC(OCc1ccccc1)C(=O)Nc1cc(F)c(I)c(F)c1. The van der Waals surface area contributed by atoms with Crippen LogP contribution in [0, 0.1) is 15.2 Å². The van der Waals surface area contributed by atoms with Gasteiger partial charge in [0.2, 0.25) is 0 Å². The summed E-state index contributed by atoms with van der Waals surface area (Å²) in [6, 6.07) is 11.6. The Morgan fingerprint density at radius 1 is 1.23 bits per heavy atom. The molecule has 0 aliphatic heterocycles. The lowest BCUT2D eigenvalue weighted by Crippen LogP contribution is -2.27. The highest BCUT2D eigenvalue weighted by molar-refractivity contribution is 14.1. The van der Waals surface area contributed by atoms with Gasteiger partial charge >= 0.3 is 0 Å². The molecule has 0 aliphatic rings. The Kier molecular flexibility index (Phi) is 5.84. The van der Waals surface area contributed by atoms with Crippen molar-refractivity contribution in [3.63, 3.8) is 0 Å². The van der Waals surface area contributed by atoms with Crippen molar-refractivity contribution in [2.24, 2.45) is 0 Å². The molecule has 2 aromatic rings. The molecule has 0 aromatic heterocycles. The number of benzene rings is 2. The van der Waals surface area contributed by atoms with Crippen LogP contribution in [0.3, 0.4) is 0 Å². The van der Waals surface area contributed by atoms with Gasteiger partial charge in [0.1, 0.15) is 17.7 Å². The molecular weight excluding hydrogens is 403 g/mol. The zero-order valence-electron chi connectivity index (χ0n) is 11.8. The number of rotatable bonds is 5. The fourth-order valence-corrected chi connectivity index (χ4v) is 2.05. The molecule has 1 unspecified atom stereocenters. The second-order valence-electron chi connectivity index (χ2n) is 4.68. The van der Waals surface area contributed by atoms with Gasteiger partial charge < -0.3 is 10.1 Å². The molecule has 2 rings (SSSR count). The smallest absolute Gasteiger partial charge is 0.253 e. The fourth-order valence-electron chi connectivity index (χ4n) is 1.74. The standard InChI is InChI=1S/C16H14F2INO2/c1-10(22-9-11-5-3-2-4-6-11)16(21)20-12-7-13(17)15(19)14(18)8-12/h2-8,10H,9H2,1H3,(H,20,21). The van der Waals surface area contributed by atoms with E-state index < -0.39 is 23.6 Å². The largest absolute Gasteiger partial charge is 0.364 e. The third kappa shape index (κ3) is 4.48. The van der Waals surface area contributed by atoms with Crippen molar-refractivity contribution < 1.29 is 18.3 Å². The minimum atomic E-state index is -0.745. The molecule has 0 bridgehead atoms. The third-order valence-electron chi connectivity index (χ3n) is 2.96. The Labute approximate surface area is 140 Å². The molecule has 22 heavy (non-hydrogen) atoms. The first kappa shape index (κ1) is 16.8. The van der Waals surface area contributed by atoms with Crippen molar-refractivity contribution in [1.29, 1.82) is 0 Å². The van der Waals surface area contributed by atoms with Crippen molar-refractivity contribution in [2.45, 2.75) is 19.6 Å². The molecule has 0 fully saturated rings. The maximum Gasteiger partial charge on any atom is 0.253 e. The molecule has 0 saturated heterocycles. The lowest BCUT2D eigenvalue weighted by atomic mass is 10.2. The van der Waals surface area contributed by atoms with Gasteiger partial charge in [0.25, 0.3) is 5.91 Å². The Balaban J connectivity index is 1.94. The molecule has 6 heteroatoms. The summed E-state index contributed by atoms with van der Waals surface area (Å²) in [5.74, 6) is -1.89. The van der Waals surface area contributed by atoms with Gasteiger partial charge in [-0.2, -0.15) is 0 Å². The average molecular weight is 417 g/mol. The van der Waals surface area contributed by atoms with Crippen LogP contribution in [-0.4, -0.2) is 12.0 Å². The molecule has 1 amide bonds. The molecule has 0 aliphatic carbocycles. The number of amides is 1. The lowest BCUT2D eigenvalue weighted by molar-refractivity contribution is -0.127. The summed E-state index contributed by atoms with van der Waals surface area (Å²) in [6.07, 6.45) is -0.745. The Morgan fingerprint density at radius 3 is 2.41 bits per heavy atom. The van der Waals surface area contributed by atoms with Gasteiger partial charge in [0.15, 0.2) is 0 Å². The highest BCUT2D eigenvalue weighted by atomic mass is 127. The zero-order valence-corrected chi connectivity index (χ0v) is 13.9. The van der Waals surface area contributed by atoms with Crippen molar-refractivity contribution in [3.05, 3.63) is 63.2 Å². The van der Waals surface area contributed by atoms with E-state index in [1.807, 2.05) is 30.3 Å². The third-order valence-corrected chi connectivity index (χ3v) is 3.99. The van der Waals surface area contributed by atoms with Crippen LogP contribution < -0.4 is 5.32 Å². The van der Waals surface area contributed by atoms with Crippen LogP contribution in [-0.2, 0) is 16.1 Å². The predicted octanol–water partition coefficient (Wildman–Crippen LogP) is 4.11. The van der Waals surface area contributed by atoms with E-state index in [2.05, 4.69) is 5.32 Å². The van der Waals surface area contributed by atoms with E-state index in [0.717, 1.165) is 17.7 Å². The first-order valence-electron chi connectivity index (χ1n) is 6.58. The van der Waals surface area contributed by atoms with Crippen LogP contribution in [0.25, 0.3) is 0 Å². The number of anilines is 1. The quantitative estimate of drug-likeness (QED) is 0.588. The van der Waals surface area contributed by atoms with Crippen LogP contribution in [0.5, 0.6) is 0 Å². The fraction of sp³-hybridized carbons (Fsp3) is 0.188. The van der Waals surface area contributed by atoms with E-state index >= 15 is 0 Å². The number of carbonyl (C=O) groups is 1. The van der Waals surface area contributed by atoms with Crippen LogP contribution >= 0.6 is 22.6 Å². The van der Waals surface area contributed by atoms with Gasteiger partial charge in [0.05, 0.1) is 10.2 Å². The summed E-state index contributed by atoms with van der Waals surface area (Å²) in [5.41, 5.74) is 1.00. The van der Waals surface area contributed by atoms with Gasteiger partial charge in [-0.05, 0) is 47.2 Å². The first-order chi connectivity index (χ1) is 10.5. The van der Waals surface area contributed by atoms with E-state index in [0.29, 0.717) is 0 Å². The molecule has 0 saturated carbocycles. The van der Waals surface area contributed by atoms with E-state index in [1.54, 1.807) is 29.5 Å². The van der Waals surface area contributed by atoms with Crippen molar-refractivity contribution in [1.82, 2.24) is 0 Å². The minimum absolute atomic E-state index is 0.0653. The topological polar surface area (TPSA) is 38.3 Å². The molecule has 3 nitrogen and oxygen atoms in total. The number of hydrogen-bond acceptors (Lipinski definition) is 2. The van der Waals surface area contributed by atoms with Gasteiger partial charge in [0, 0.05) is 5.69 Å². The van der Waals surface area contributed by atoms with Crippen molar-refractivity contribution in [2.75, 3.05) is 5.32 Å². The van der Waals surface area contributed by atoms with Crippen molar-refractivity contribution >= 4 is 34.2 Å². The summed E-state index contributed by atoms with van der Waals surface area (Å²) in [7, 11) is 0. The number of nitrogens with one attached hydrogen (secondary N) is 1. The molecule has 0 radical (unpaired) electrons. The summed E-state index contributed by atoms with van der Waals surface area (Å²) in [4.78, 5) is 12.0. The van der Waals surface area contributed by atoms with Crippen LogP contribution in [0.1, 0.15) is 12.5 Å². The van der Waals surface area contributed by atoms with Crippen molar-refractivity contribution in [3.8, 4) is 0 Å². The van der Waals surface area contributed by atoms with E-state index in [9.17, 15) is 13.6 Å². The monoisotopic (exact) mass is 417 g/mol. The molecular formula is C16H14F2INO2. The second-order valence-corrected chi connectivity index (χ2v) is 5.76. The maximum absolute atomic E-state index is 13.4. The molecule has 116 valence electrons. The Hall–Kier alpha value is -1.54. The molecule has 1 N–H and O–H groups in total. The number of ether oxygens (including phenoxy) is 1. The first-order valence-corrected chi connectivity index (χ1v) is 7.66. The minimum Gasteiger partial charge on any atom is -0.364 e. The van der Waals surface area contributed by atoms with Crippen LogP contribution in [0.4, 0.5) is 14.5 Å². The van der Waals surface area contributed by atoms with Crippen LogP contribution in [0.2, 0.25) is 0 Å². The summed E-state index contributed by atoms with van der Waals surface area (Å²) in [5, 5.41) is 2.44. The molecule has 0 spiro atoms. The van der Waals surface area contributed by atoms with E-state index in [1.165, 1.54) is 0 Å². The molecule has 0 heterocycles. The maximum atomic E-state index is 13.4. The van der Waals surface area contributed by atoms with Gasteiger partial charge in [-0.15, -0.1) is 0 Å². The highest BCUT2D eigenvalue weighted by Crippen LogP contribution is 2.20. The highest BCUT2D eigenvalue weighted by Gasteiger charge is 2.16. The van der Waals surface area contributed by atoms with Gasteiger partial charge in [-0.1, -0.05) is 30.3 Å². The summed E-state index contributed by atoms with van der Waals surface area (Å²) in [6.45, 7) is 1.86. The Bertz CT molecular complexity index is 641. The normalized spacial score (nSPS) is 12.0. The zero-order chi connectivity index (χ0) is 16.1. The van der Waals surface area contributed by atoms with E-state index in [-0.39, 0.29) is 15.9 Å². The average Bonchev–Trinajstić information content (AvgIpc) is 2.51.